The van der Waals surface area contributed by atoms with Gasteiger partial charge in [-0.25, -0.2) is 0 Å². The quantitative estimate of drug-likeness (QED) is 0.765. The van der Waals surface area contributed by atoms with E-state index in [0.717, 1.165) is 11.1 Å². The number of carboxylic acids is 1. The van der Waals surface area contributed by atoms with Gasteiger partial charge in [-0.05, 0) is 35.8 Å². The molecule has 11 heteroatoms. The molecule has 0 bridgehead atoms. The van der Waals surface area contributed by atoms with Crippen molar-refractivity contribution in [3.8, 4) is 11.5 Å². The third-order valence-corrected chi connectivity index (χ3v) is 4.20. The standard InChI is InChI=1S/C17H15ClF3N3O3.Li.H/c18-13-6-11(10-1-3-24(4-2-10)9-17(19,20)21)5-12(7-13)16-23-22-14(27-16)8-15(25)26;;/h1,5-7H,2-4,8-9H2,(H,25,26);;. The molecule has 0 amide bonds. The van der Waals surface area contributed by atoms with Crippen molar-refractivity contribution in [2.75, 3.05) is 19.6 Å². The Kier molecular flexibility index (Phi) is 7.34. The summed E-state index contributed by atoms with van der Waals surface area (Å²) in [7, 11) is 0. The molecule has 0 saturated heterocycles. The summed E-state index contributed by atoms with van der Waals surface area (Å²) in [6.45, 7) is -0.456. The number of carbonyl (C=O) groups is 1. The van der Waals surface area contributed by atoms with Crippen molar-refractivity contribution in [1.82, 2.24) is 15.1 Å². The van der Waals surface area contributed by atoms with Crippen LogP contribution in [0.4, 0.5) is 13.2 Å². The van der Waals surface area contributed by atoms with E-state index >= 15 is 0 Å². The summed E-state index contributed by atoms with van der Waals surface area (Å²) in [4.78, 5) is 12.0. The minimum atomic E-state index is -4.22. The van der Waals surface area contributed by atoms with Crippen molar-refractivity contribution in [2.45, 2.75) is 19.0 Å². The number of carboxylic acid groups (broad SMARTS) is 1. The van der Waals surface area contributed by atoms with E-state index in [1.807, 2.05) is 0 Å². The van der Waals surface area contributed by atoms with Crippen LogP contribution >= 0.6 is 11.6 Å². The van der Waals surface area contributed by atoms with Crippen molar-refractivity contribution in [3.05, 3.63) is 40.8 Å². The number of aliphatic carboxylic acids is 1. The zero-order valence-electron chi connectivity index (χ0n) is 14.0. The number of halogens is 4. The number of benzene rings is 1. The SMILES string of the molecule is O=C(O)Cc1nnc(-c2cc(Cl)cc(C3=CCN(CC(F)(F)F)CC3)c2)o1.[LiH]. The summed E-state index contributed by atoms with van der Waals surface area (Å²) in [5, 5.41) is 16.7. The Hall–Kier alpha value is -1.79. The number of alkyl halides is 3. The summed E-state index contributed by atoms with van der Waals surface area (Å²) in [5.41, 5.74) is 2.14. The van der Waals surface area contributed by atoms with Gasteiger partial charge in [0.05, 0.1) is 6.54 Å². The van der Waals surface area contributed by atoms with Crippen LogP contribution in [0.15, 0.2) is 28.7 Å². The van der Waals surface area contributed by atoms with Gasteiger partial charge in [0.1, 0.15) is 6.42 Å². The first-order valence-corrected chi connectivity index (χ1v) is 8.41. The van der Waals surface area contributed by atoms with Crippen molar-refractivity contribution in [1.29, 1.82) is 0 Å². The van der Waals surface area contributed by atoms with Crippen LogP contribution in [0.3, 0.4) is 0 Å². The molecule has 1 N–H and O–H groups in total. The fourth-order valence-electron chi connectivity index (χ4n) is 2.84. The molecule has 0 atom stereocenters. The van der Waals surface area contributed by atoms with Crippen LogP contribution in [0, 0.1) is 0 Å². The summed E-state index contributed by atoms with van der Waals surface area (Å²) in [6, 6.07) is 5.06. The second-order valence-electron chi connectivity index (χ2n) is 6.13. The van der Waals surface area contributed by atoms with E-state index in [4.69, 9.17) is 21.1 Å². The Bertz CT molecular complexity index is 886. The first-order chi connectivity index (χ1) is 12.7. The zero-order valence-corrected chi connectivity index (χ0v) is 14.7. The van der Waals surface area contributed by atoms with Gasteiger partial charge < -0.3 is 9.52 Å². The predicted octanol–water partition coefficient (Wildman–Crippen LogP) is 3.02. The van der Waals surface area contributed by atoms with Gasteiger partial charge >= 0.3 is 31.0 Å². The molecule has 2 aromatic rings. The van der Waals surface area contributed by atoms with Crippen LogP contribution in [0.2, 0.25) is 5.02 Å². The molecule has 1 aromatic heterocycles. The zero-order chi connectivity index (χ0) is 19.6. The van der Waals surface area contributed by atoms with Gasteiger partial charge in [-0.2, -0.15) is 13.2 Å². The Morgan fingerprint density at radius 2 is 1.96 bits per heavy atom. The normalized spacial score (nSPS) is 15.1. The second kappa shape index (κ2) is 9.14. The first-order valence-electron chi connectivity index (χ1n) is 8.03. The van der Waals surface area contributed by atoms with Gasteiger partial charge in [-0.3, -0.25) is 9.69 Å². The number of rotatable bonds is 5. The van der Waals surface area contributed by atoms with Crippen molar-refractivity contribution < 1.29 is 27.5 Å². The van der Waals surface area contributed by atoms with Gasteiger partial charge in [0, 0.05) is 23.7 Å². The molecule has 0 aliphatic carbocycles. The topological polar surface area (TPSA) is 79.5 Å². The van der Waals surface area contributed by atoms with Crippen molar-refractivity contribution >= 4 is 42.0 Å². The van der Waals surface area contributed by atoms with E-state index in [0.29, 0.717) is 17.0 Å². The molecule has 1 aromatic carbocycles. The second-order valence-corrected chi connectivity index (χ2v) is 6.57. The molecule has 146 valence electrons. The Balaban J connectivity index is 0.00000280. The Morgan fingerprint density at radius 3 is 2.57 bits per heavy atom. The number of nitrogens with zero attached hydrogens (tertiary/aromatic N) is 3. The molecular weight excluding hydrogens is 394 g/mol. The van der Waals surface area contributed by atoms with Crippen LogP contribution in [-0.4, -0.2) is 70.8 Å². The molecule has 0 radical (unpaired) electrons. The van der Waals surface area contributed by atoms with E-state index in [2.05, 4.69) is 10.2 Å². The van der Waals surface area contributed by atoms with Crippen LogP contribution in [0.1, 0.15) is 17.9 Å². The molecule has 0 spiro atoms. The average Bonchev–Trinajstić information content (AvgIpc) is 3.01. The summed E-state index contributed by atoms with van der Waals surface area (Å²) in [6.07, 6.45) is -2.42. The third kappa shape index (κ3) is 6.11. The van der Waals surface area contributed by atoms with Crippen molar-refractivity contribution in [3.63, 3.8) is 0 Å². The summed E-state index contributed by atoms with van der Waals surface area (Å²) < 4.78 is 42.8. The fraction of sp³-hybridized carbons (Fsp3) is 0.353. The first kappa shape index (κ1) is 22.5. The van der Waals surface area contributed by atoms with Gasteiger partial charge in [0.25, 0.3) is 0 Å². The molecule has 1 aliphatic heterocycles. The maximum absolute atomic E-state index is 12.5. The predicted molar refractivity (Wildman–Crippen MR) is 98.3 cm³/mol. The maximum atomic E-state index is 12.5. The third-order valence-electron chi connectivity index (χ3n) is 3.98. The number of hydrogen-bond acceptors (Lipinski definition) is 5. The molecule has 0 unspecified atom stereocenters. The molecule has 28 heavy (non-hydrogen) atoms. The van der Waals surface area contributed by atoms with Gasteiger partial charge in [-0.15, -0.1) is 10.2 Å². The van der Waals surface area contributed by atoms with E-state index < -0.39 is 18.7 Å². The van der Waals surface area contributed by atoms with Crippen molar-refractivity contribution in [2.24, 2.45) is 0 Å². The number of aromatic nitrogens is 2. The van der Waals surface area contributed by atoms with Gasteiger partial charge in [0.15, 0.2) is 0 Å². The molecule has 0 saturated carbocycles. The van der Waals surface area contributed by atoms with E-state index in [1.165, 1.54) is 4.90 Å². The van der Waals surface area contributed by atoms with Crippen LogP contribution in [0.5, 0.6) is 0 Å². The van der Waals surface area contributed by atoms with Gasteiger partial charge in [-0.1, -0.05) is 17.7 Å². The van der Waals surface area contributed by atoms with E-state index in [9.17, 15) is 18.0 Å². The molecule has 1 aliphatic rings. The van der Waals surface area contributed by atoms with E-state index in [1.54, 1.807) is 24.3 Å². The summed E-state index contributed by atoms with van der Waals surface area (Å²) in [5.74, 6) is -0.989. The molecule has 6 nitrogen and oxygen atoms in total. The average molecular weight is 410 g/mol. The van der Waals surface area contributed by atoms with Crippen LogP contribution in [-0.2, 0) is 11.2 Å². The molecule has 2 heterocycles. The Morgan fingerprint density at radius 1 is 1.25 bits per heavy atom. The molecule has 0 fully saturated rings. The monoisotopic (exact) mass is 409 g/mol. The minimum absolute atomic E-state index is 0. The summed E-state index contributed by atoms with van der Waals surface area (Å²) >= 11 is 6.16. The van der Waals surface area contributed by atoms with E-state index in [-0.39, 0.29) is 50.2 Å². The fourth-order valence-corrected chi connectivity index (χ4v) is 3.08. The molecular formula is C17H16ClF3LiN3O3. The Labute approximate surface area is 175 Å². The molecule has 3 rings (SSSR count). The number of hydrogen-bond donors (Lipinski definition) is 1. The van der Waals surface area contributed by atoms with Crippen LogP contribution in [0.25, 0.3) is 17.0 Å². The van der Waals surface area contributed by atoms with Gasteiger partial charge in [0.2, 0.25) is 11.8 Å². The van der Waals surface area contributed by atoms with Crippen LogP contribution < -0.4 is 0 Å².